The molecule has 100 valence electrons. The van der Waals surface area contributed by atoms with E-state index >= 15 is 0 Å². The summed E-state index contributed by atoms with van der Waals surface area (Å²) in [5.74, 6) is 0.0106. The van der Waals surface area contributed by atoms with Gasteiger partial charge in [-0.1, -0.05) is 18.2 Å². The number of carbonyl (C=O) groups is 1. The first-order valence-corrected chi connectivity index (χ1v) is 6.63. The number of amides is 1. The Balaban J connectivity index is 2.37. The Hall–Kier alpha value is -1.86. The monoisotopic (exact) mass is 257 g/mol. The van der Waals surface area contributed by atoms with Crippen LogP contribution in [0.3, 0.4) is 0 Å². The zero-order valence-corrected chi connectivity index (χ0v) is 11.4. The molecular formula is C15H19N3O. The summed E-state index contributed by atoms with van der Waals surface area (Å²) in [6.07, 6.45) is 1.13. The molecule has 4 nitrogen and oxygen atoms in total. The Morgan fingerprint density at radius 3 is 2.74 bits per heavy atom. The molecule has 2 rings (SSSR count). The summed E-state index contributed by atoms with van der Waals surface area (Å²) in [4.78, 5) is 14.4. The van der Waals surface area contributed by atoms with Crippen LogP contribution in [0.5, 0.6) is 0 Å². The first-order valence-electron chi connectivity index (χ1n) is 6.63. The molecule has 1 N–H and O–H groups in total. The highest BCUT2D eigenvalue weighted by Crippen LogP contribution is 2.26. The van der Waals surface area contributed by atoms with E-state index in [0.29, 0.717) is 6.54 Å². The van der Waals surface area contributed by atoms with Crippen molar-refractivity contribution in [1.82, 2.24) is 5.32 Å². The molecule has 0 radical (unpaired) electrons. The Morgan fingerprint density at radius 1 is 1.42 bits per heavy atom. The van der Waals surface area contributed by atoms with E-state index in [0.717, 1.165) is 29.8 Å². The minimum atomic E-state index is -0.383. The third-order valence-electron chi connectivity index (χ3n) is 3.52. The molecular weight excluding hydrogens is 238 g/mol. The van der Waals surface area contributed by atoms with Crippen LogP contribution in [0.2, 0.25) is 0 Å². The molecule has 1 amide bonds. The van der Waals surface area contributed by atoms with Crippen molar-refractivity contribution >= 4 is 11.6 Å². The fourth-order valence-corrected chi connectivity index (χ4v) is 2.60. The standard InChI is InChI=1S/C15H19N3O/c1-11-5-3-6-12(2)14(11)18-10-4-9-17-13(7-8-16)15(18)19/h3,5-6,13,17H,4,7,9-10H2,1-2H3. The number of nitriles is 1. The van der Waals surface area contributed by atoms with Gasteiger partial charge in [0.05, 0.1) is 12.5 Å². The van der Waals surface area contributed by atoms with Crippen molar-refractivity contribution in [2.45, 2.75) is 32.7 Å². The number of para-hydroxylation sites is 1. The maximum atomic E-state index is 12.6. The van der Waals surface area contributed by atoms with Crippen LogP contribution in [0.1, 0.15) is 24.0 Å². The predicted molar refractivity (Wildman–Crippen MR) is 74.9 cm³/mol. The van der Waals surface area contributed by atoms with E-state index in [1.807, 2.05) is 36.9 Å². The van der Waals surface area contributed by atoms with Crippen molar-refractivity contribution in [2.24, 2.45) is 0 Å². The van der Waals surface area contributed by atoms with Gasteiger partial charge in [-0.15, -0.1) is 0 Å². The van der Waals surface area contributed by atoms with Crippen LogP contribution in [-0.2, 0) is 4.79 Å². The second-order valence-corrected chi connectivity index (χ2v) is 4.95. The first-order chi connectivity index (χ1) is 9.15. The minimum absolute atomic E-state index is 0.0106. The fraction of sp³-hybridized carbons (Fsp3) is 0.467. The van der Waals surface area contributed by atoms with E-state index < -0.39 is 0 Å². The van der Waals surface area contributed by atoms with Crippen LogP contribution < -0.4 is 10.2 Å². The molecule has 0 aliphatic carbocycles. The van der Waals surface area contributed by atoms with Crippen molar-refractivity contribution in [1.29, 1.82) is 5.26 Å². The van der Waals surface area contributed by atoms with E-state index in [2.05, 4.69) is 11.4 Å². The molecule has 19 heavy (non-hydrogen) atoms. The molecule has 4 heteroatoms. The number of nitrogens with zero attached hydrogens (tertiary/aromatic N) is 2. The molecule has 0 aromatic heterocycles. The number of rotatable bonds is 2. The Bertz CT molecular complexity index is 498. The van der Waals surface area contributed by atoms with Crippen molar-refractivity contribution < 1.29 is 4.79 Å². The van der Waals surface area contributed by atoms with Gasteiger partial charge >= 0.3 is 0 Å². The highest BCUT2D eigenvalue weighted by Gasteiger charge is 2.28. The summed E-state index contributed by atoms with van der Waals surface area (Å²) in [5.41, 5.74) is 3.20. The lowest BCUT2D eigenvalue weighted by Crippen LogP contribution is -2.44. The average molecular weight is 257 g/mol. The second-order valence-electron chi connectivity index (χ2n) is 4.95. The molecule has 1 heterocycles. The fourth-order valence-electron chi connectivity index (χ4n) is 2.60. The van der Waals surface area contributed by atoms with Gasteiger partial charge in [0.15, 0.2) is 0 Å². The minimum Gasteiger partial charge on any atom is -0.310 e. The number of hydrogen-bond acceptors (Lipinski definition) is 3. The smallest absolute Gasteiger partial charge is 0.245 e. The Labute approximate surface area is 114 Å². The van der Waals surface area contributed by atoms with Crippen LogP contribution in [0, 0.1) is 25.2 Å². The Kier molecular flexibility index (Phi) is 4.18. The summed E-state index contributed by atoms with van der Waals surface area (Å²) in [6.45, 7) is 5.53. The van der Waals surface area contributed by atoms with Gasteiger partial charge in [0, 0.05) is 12.2 Å². The molecule has 0 saturated carbocycles. The zero-order chi connectivity index (χ0) is 13.8. The van der Waals surface area contributed by atoms with Crippen LogP contribution in [0.15, 0.2) is 18.2 Å². The SMILES string of the molecule is Cc1cccc(C)c1N1CCCNC(CC#N)C1=O. The molecule has 0 spiro atoms. The summed E-state index contributed by atoms with van der Waals surface area (Å²) in [7, 11) is 0. The van der Waals surface area contributed by atoms with E-state index in [-0.39, 0.29) is 18.4 Å². The van der Waals surface area contributed by atoms with Gasteiger partial charge in [-0.05, 0) is 37.9 Å². The number of carbonyl (C=O) groups excluding carboxylic acids is 1. The van der Waals surface area contributed by atoms with Gasteiger partial charge in [-0.25, -0.2) is 0 Å². The molecule has 1 aliphatic rings. The lowest BCUT2D eigenvalue weighted by Gasteiger charge is -2.26. The first kappa shape index (κ1) is 13.6. The van der Waals surface area contributed by atoms with Crippen LogP contribution >= 0.6 is 0 Å². The lowest BCUT2D eigenvalue weighted by molar-refractivity contribution is -0.120. The Morgan fingerprint density at radius 2 is 2.11 bits per heavy atom. The van der Waals surface area contributed by atoms with Crippen molar-refractivity contribution in [3.05, 3.63) is 29.3 Å². The number of hydrogen-bond donors (Lipinski definition) is 1. The zero-order valence-electron chi connectivity index (χ0n) is 11.4. The van der Waals surface area contributed by atoms with Gasteiger partial charge in [-0.3, -0.25) is 4.79 Å². The number of benzene rings is 1. The average Bonchev–Trinajstić information content (AvgIpc) is 2.54. The number of aryl methyl sites for hydroxylation is 2. The molecule has 0 bridgehead atoms. The second kappa shape index (κ2) is 5.85. The molecule has 1 fully saturated rings. The van der Waals surface area contributed by atoms with Gasteiger partial charge in [-0.2, -0.15) is 5.26 Å². The highest BCUT2D eigenvalue weighted by atomic mass is 16.2. The lowest BCUT2D eigenvalue weighted by atomic mass is 10.1. The summed E-state index contributed by atoms with van der Waals surface area (Å²) in [6, 6.07) is 7.75. The third kappa shape index (κ3) is 2.77. The van der Waals surface area contributed by atoms with Gasteiger partial charge < -0.3 is 10.2 Å². The molecule has 1 aromatic rings. The largest absolute Gasteiger partial charge is 0.310 e. The van der Waals surface area contributed by atoms with Crippen molar-refractivity contribution in [3.8, 4) is 6.07 Å². The van der Waals surface area contributed by atoms with Gasteiger partial charge in [0.2, 0.25) is 5.91 Å². The van der Waals surface area contributed by atoms with Crippen molar-refractivity contribution in [3.63, 3.8) is 0 Å². The van der Waals surface area contributed by atoms with Crippen LogP contribution in [0.25, 0.3) is 0 Å². The molecule has 1 unspecified atom stereocenters. The van der Waals surface area contributed by atoms with Crippen molar-refractivity contribution in [2.75, 3.05) is 18.0 Å². The quantitative estimate of drug-likeness (QED) is 0.880. The maximum absolute atomic E-state index is 12.6. The van der Waals surface area contributed by atoms with E-state index in [4.69, 9.17) is 5.26 Å². The van der Waals surface area contributed by atoms with Gasteiger partial charge in [0.1, 0.15) is 6.04 Å². The van der Waals surface area contributed by atoms with E-state index in [1.165, 1.54) is 0 Å². The molecule has 1 atom stereocenters. The van der Waals surface area contributed by atoms with Crippen LogP contribution in [0.4, 0.5) is 5.69 Å². The summed E-state index contributed by atoms with van der Waals surface area (Å²) in [5, 5.41) is 12.0. The topological polar surface area (TPSA) is 56.1 Å². The molecule has 1 aromatic carbocycles. The van der Waals surface area contributed by atoms with E-state index in [1.54, 1.807) is 0 Å². The predicted octanol–water partition coefficient (Wildman–Crippen LogP) is 1.91. The van der Waals surface area contributed by atoms with Gasteiger partial charge in [0.25, 0.3) is 0 Å². The normalized spacial score (nSPS) is 19.9. The van der Waals surface area contributed by atoms with E-state index in [9.17, 15) is 4.79 Å². The molecule has 1 saturated heterocycles. The third-order valence-corrected chi connectivity index (χ3v) is 3.52. The summed E-state index contributed by atoms with van der Waals surface area (Å²) < 4.78 is 0. The molecule has 1 aliphatic heterocycles. The maximum Gasteiger partial charge on any atom is 0.245 e. The van der Waals surface area contributed by atoms with Crippen LogP contribution in [-0.4, -0.2) is 25.0 Å². The summed E-state index contributed by atoms with van der Waals surface area (Å²) >= 11 is 0. The highest BCUT2D eigenvalue weighted by molar-refractivity contribution is 5.98. The number of anilines is 1. The number of nitrogens with one attached hydrogen (secondary N) is 1.